The third-order valence-electron chi connectivity index (χ3n) is 3.79. The van der Waals surface area contributed by atoms with Crippen molar-refractivity contribution in [3.05, 3.63) is 24.0 Å². The number of hydrogen-bond donors (Lipinski definition) is 1. The maximum Gasteiger partial charge on any atom is 0.0599 e. The monoisotopic (exact) mass is 262 g/mol. The van der Waals surface area contributed by atoms with Crippen LogP contribution < -0.4 is 10.2 Å². The van der Waals surface area contributed by atoms with Gasteiger partial charge in [0.25, 0.3) is 0 Å². The predicted molar refractivity (Wildman–Crippen MR) is 80.6 cm³/mol. The van der Waals surface area contributed by atoms with E-state index in [1.807, 2.05) is 12.4 Å². The molecule has 1 aromatic heterocycles. The number of nitrogens with zero attached hydrogens (tertiary/aromatic N) is 3. The minimum absolute atomic E-state index is 0.944. The van der Waals surface area contributed by atoms with Crippen molar-refractivity contribution in [2.45, 2.75) is 26.8 Å². The summed E-state index contributed by atoms with van der Waals surface area (Å²) in [6.07, 6.45) is 5.09. The molecule has 0 aliphatic carbocycles. The maximum atomic E-state index is 4.30. The van der Waals surface area contributed by atoms with Gasteiger partial charge in [0, 0.05) is 38.9 Å². The van der Waals surface area contributed by atoms with Crippen LogP contribution in [-0.2, 0) is 6.54 Å². The molecule has 1 fully saturated rings. The summed E-state index contributed by atoms with van der Waals surface area (Å²) >= 11 is 0. The van der Waals surface area contributed by atoms with Crippen molar-refractivity contribution in [3.63, 3.8) is 0 Å². The Bertz CT molecular complexity index is 372. The number of rotatable bonds is 6. The molecule has 2 rings (SSSR count). The highest BCUT2D eigenvalue weighted by molar-refractivity contribution is 5.52. The SMILES string of the molecule is CCCNCc1ccncc1N1CCN(CC)CC1. The summed E-state index contributed by atoms with van der Waals surface area (Å²) in [4.78, 5) is 9.28. The van der Waals surface area contributed by atoms with Crippen molar-refractivity contribution >= 4 is 5.69 Å². The van der Waals surface area contributed by atoms with Crippen molar-refractivity contribution in [2.24, 2.45) is 0 Å². The zero-order chi connectivity index (χ0) is 13.5. The average molecular weight is 262 g/mol. The summed E-state index contributed by atoms with van der Waals surface area (Å²) in [5.41, 5.74) is 2.68. The van der Waals surface area contributed by atoms with Crippen molar-refractivity contribution in [3.8, 4) is 0 Å². The fourth-order valence-corrected chi connectivity index (χ4v) is 2.55. The summed E-state index contributed by atoms with van der Waals surface area (Å²) in [5, 5.41) is 3.49. The van der Waals surface area contributed by atoms with Crippen molar-refractivity contribution < 1.29 is 0 Å². The van der Waals surface area contributed by atoms with Gasteiger partial charge in [0.15, 0.2) is 0 Å². The standard InChI is InChI=1S/C15H26N4/c1-3-6-16-12-14-5-7-17-13-15(14)19-10-8-18(4-2)9-11-19/h5,7,13,16H,3-4,6,8-12H2,1-2H3. The van der Waals surface area contributed by atoms with Crippen LogP contribution in [0.2, 0.25) is 0 Å². The molecule has 0 aromatic carbocycles. The van der Waals surface area contributed by atoms with Crippen LogP contribution in [0.25, 0.3) is 0 Å². The molecule has 1 aliphatic rings. The molecule has 2 heterocycles. The molecule has 1 N–H and O–H groups in total. The highest BCUT2D eigenvalue weighted by atomic mass is 15.3. The second-order valence-electron chi connectivity index (χ2n) is 5.10. The van der Waals surface area contributed by atoms with Gasteiger partial charge in [-0.15, -0.1) is 0 Å². The lowest BCUT2D eigenvalue weighted by molar-refractivity contribution is 0.271. The van der Waals surface area contributed by atoms with Gasteiger partial charge < -0.3 is 15.1 Å². The Labute approximate surface area is 116 Å². The van der Waals surface area contributed by atoms with Crippen molar-refractivity contribution in [2.75, 3.05) is 44.2 Å². The molecule has 0 atom stereocenters. The largest absolute Gasteiger partial charge is 0.367 e. The highest BCUT2D eigenvalue weighted by Gasteiger charge is 2.17. The average Bonchev–Trinajstić information content (AvgIpc) is 2.48. The van der Waals surface area contributed by atoms with E-state index >= 15 is 0 Å². The van der Waals surface area contributed by atoms with E-state index in [1.54, 1.807) is 0 Å². The summed E-state index contributed by atoms with van der Waals surface area (Å²) < 4.78 is 0. The molecule has 1 aromatic rings. The molecule has 0 radical (unpaired) electrons. The van der Waals surface area contributed by atoms with Crippen LogP contribution in [0.1, 0.15) is 25.8 Å². The summed E-state index contributed by atoms with van der Waals surface area (Å²) in [6.45, 7) is 12.2. The molecule has 0 amide bonds. The van der Waals surface area contributed by atoms with Gasteiger partial charge in [-0.1, -0.05) is 13.8 Å². The van der Waals surface area contributed by atoms with E-state index in [9.17, 15) is 0 Å². The fourth-order valence-electron chi connectivity index (χ4n) is 2.55. The first kappa shape index (κ1) is 14.3. The van der Waals surface area contributed by atoms with Crippen LogP contribution in [0.4, 0.5) is 5.69 Å². The smallest absolute Gasteiger partial charge is 0.0599 e. The molecule has 1 saturated heterocycles. The number of likely N-dealkylation sites (N-methyl/N-ethyl adjacent to an activating group) is 1. The minimum Gasteiger partial charge on any atom is -0.367 e. The highest BCUT2D eigenvalue weighted by Crippen LogP contribution is 2.20. The Morgan fingerprint density at radius 2 is 2.00 bits per heavy atom. The summed E-state index contributed by atoms with van der Waals surface area (Å²) in [5.74, 6) is 0. The number of nitrogens with one attached hydrogen (secondary N) is 1. The van der Waals surface area contributed by atoms with Gasteiger partial charge in [-0.3, -0.25) is 4.98 Å². The lowest BCUT2D eigenvalue weighted by Gasteiger charge is -2.36. The van der Waals surface area contributed by atoms with Crippen LogP contribution in [0, 0.1) is 0 Å². The molecule has 0 saturated carbocycles. The van der Waals surface area contributed by atoms with Gasteiger partial charge >= 0.3 is 0 Å². The Balaban J connectivity index is 1.99. The zero-order valence-electron chi connectivity index (χ0n) is 12.2. The lowest BCUT2D eigenvalue weighted by atomic mass is 10.2. The molecule has 1 aliphatic heterocycles. The first-order valence-electron chi connectivity index (χ1n) is 7.46. The number of piperazine rings is 1. The molecular weight excluding hydrogens is 236 g/mol. The second-order valence-corrected chi connectivity index (χ2v) is 5.10. The predicted octanol–water partition coefficient (Wildman–Crippen LogP) is 1.72. The third-order valence-corrected chi connectivity index (χ3v) is 3.79. The Kier molecular flexibility index (Phi) is 5.61. The van der Waals surface area contributed by atoms with E-state index in [2.05, 4.69) is 40.0 Å². The Hall–Kier alpha value is -1.13. The molecule has 0 spiro atoms. The van der Waals surface area contributed by atoms with Gasteiger partial charge in [0.05, 0.1) is 11.9 Å². The number of aromatic nitrogens is 1. The van der Waals surface area contributed by atoms with E-state index in [0.29, 0.717) is 0 Å². The molecule has 106 valence electrons. The van der Waals surface area contributed by atoms with Crippen LogP contribution >= 0.6 is 0 Å². The molecular formula is C15H26N4. The van der Waals surface area contributed by atoms with Crippen LogP contribution in [-0.4, -0.2) is 49.2 Å². The Morgan fingerprint density at radius 1 is 1.21 bits per heavy atom. The third kappa shape index (κ3) is 3.91. The minimum atomic E-state index is 0.944. The maximum absolute atomic E-state index is 4.30. The van der Waals surface area contributed by atoms with Crippen LogP contribution in [0.15, 0.2) is 18.5 Å². The normalized spacial score (nSPS) is 16.8. The van der Waals surface area contributed by atoms with E-state index in [0.717, 1.165) is 45.8 Å². The van der Waals surface area contributed by atoms with Crippen molar-refractivity contribution in [1.82, 2.24) is 15.2 Å². The number of pyridine rings is 1. The number of anilines is 1. The lowest BCUT2D eigenvalue weighted by Crippen LogP contribution is -2.46. The van der Waals surface area contributed by atoms with Gasteiger partial charge in [-0.25, -0.2) is 0 Å². The van der Waals surface area contributed by atoms with Gasteiger partial charge in [-0.2, -0.15) is 0 Å². The van der Waals surface area contributed by atoms with Crippen LogP contribution in [0.5, 0.6) is 0 Å². The Morgan fingerprint density at radius 3 is 2.68 bits per heavy atom. The number of hydrogen-bond acceptors (Lipinski definition) is 4. The first-order chi connectivity index (χ1) is 9.35. The summed E-state index contributed by atoms with van der Waals surface area (Å²) in [7, 11) is 0. The topological polar surface area (TPSA) is 31.4 Å². The molecule has 19 heavy (non-hydrogen) atoms. The molecule has 4 nitrogen and oxygen atoms in total. The van der Waals surface area contributed by atoms with E-state index in [4.69, 9.17) is 0 Å². The van der Waals surface area contributed by atoms with Gasteiger partial charge in [-0.05, 0) is 31.1 Å². The second kappa shape index (κ2) is 7.46. The van der Waals surface area contributed by atoms with E-state index in [-0.39, 0.29) is 0 Å². The zero-order valence-corrected chi connectivity index (χ0v) is 12.2. The van der Waals surface area contributed by atoms with Gasteiger partial charge in [0.2, 0.25) is 0 Å². The molecule has 0 unspecified atom stereocenters. The van der Waals surface area contributed by atoms with E-state index in [1.165, 1.54) is 17.7 Å². The quantitative estimate of drug-likeness (QED) is 0.791. The molecule has 0 bridgehead atoms. The van der Waals surface area contributed by atoms with Crippen LogP contribution in [0.3, 0.4) is 0 Å². The fraction of sp³-hybridized carbons (Fsp3) is 0.667. The molecule has 4 heteroatoms. The van der Waals surface area contributed by atoms with E-state index < -0.39 is 0 Å². The first-order valence-corrected chi connectivity index (χ1v) is 7.46. The van der Waals surface area contributed by atoms with Crippen molar-refractivity contribution in [1.29, 1.82) is 0 Å². The van der Waals surface area contributed by atoms with Gasteiger partial charge in [0.1, 0.15) is 0 Å². The summed E-state index contributed by atoms with van der Waals surface area (Å²) in [6, 6.07) is 2.14.